The van der Waals surface area contributed by atoms with Crippen LogP contribution in [0.1, 0.15) is 41.6 Å². The number of nitrogens with one attached hydrogen (secondary N) is 1. The smallest absolute Gasteiger partial charge is 0.270 e. The number of anilines is 1. The van der Waals surface area contributed by atoms with Crippen LogP contribution < -0.4 is 9.62 Å². The summed E-state index contributed by atoms with van der Waals surface area (Å²) < 4.78 is 28.1. The Labute approximate surface area is 168 Å². The van der Waals surface area contributed by atoms with Crippen molar-refractivity contribution < 1.29 is 18.1 Å². The molecule has 0 radical (unpaired) electrons. The molecule has 0 unspecified atom stereocenters. The molecule has 1 aliphatic heterocycles. The third-order valence-electron chi connectivity index (χ3n) is 5.48. The third-order valence-corrected chi connectivity index (χ3v) is 7.00. The molecule has 0 bridgehead atoms. The van der Waals surface area contributed by atoms with Gasteiger partial charge in [0.25, 0.3) is 11.6 Å². The molecule has 1 aliphatic carbocycles. The van der Waals surface area contributed by atoms with E-state index in [0.717, 1.165) is 31.2 Å². The zero-order valence-electron chi connectivity index (χ0n) is 15.7. The van der Waals surface area contributed by atoms with Crippen LogP contribution in [0.25, 0.3) is 0 Å². The predicted molar refractivity (Wildman–Crippen MR) is 107 cm³/mol. The van der Waals surface area contributed by atoms with Gasteiger partial charge in [-0.25, -0.2) is 13.1 Å². The number of carbonyl (C=O) groups excluding carboxylic acids is 1. The Balaban J connectivity index is 1.57. The molecule has 1 amide bonds. The average molecular weight is 415 g/mol. The number of benzene rings is 2. The van der Waals surface area contributed by atoms with Crippen molar-refractivity contribution in [3.63, 3.8) is 0 Å². The van der Waals surface area contributed by atoms with Gasteiger partial charge in [0.1, 0.15) is 0 Å². The third kappa shape index (κ3) is 3.88. The molecular weight excluding hydrogens is 394 g/mol. The van der Waals surface area contributed by atoms with Crippen molar-refractivity contribution in [2.75, 3.05) is 11.4 Å². The van der Waals surface area contributed by atoms with Crippen molar-refractivity contribution >= 4 is 27.3 Å². The number of nitro benzene ring substituents is 1. The minimum absolute atomic E-state index is 0.0137. The van der Waals surface area contributed by atoms with E-state index in [4.69, 9.17) is 0 Å². The van der Waals surface area contributed by atoms with Crippen LogP contribution in [0.4, 0.5) is 11.4 Å². The van der Waals surface area contributed by atoms with Crippen LogP contribution in [0.5, 0.6) is 0 Å². The van der Waals surface area contributed by atoms with Crippen LogP contribution in [0, 0.1) is 10.1 Å². The first-order valence-electron chi connectivity index (χ1n) is 9.57. The summed E-state index contributed by atoms with van der Waals surface area (Å²) >= 11 is 0. The van der Waals surface area contributed by atoms with E-state index in [1.54, 1.807) is 12.1 Å². The van der Waals surface area contributed by atoms with Crippen molar-refractivity contribution in [1.82, 2.24) is 4.72 Å². The number of sulfonamides is 1. The maximum Gasteiger partial charge on any atom is 0.270 e. The standard InChI is InChI=1S/C20H21N3O5S/c24-20(15-4-3-7-17(12-15)23(25)26)22-11-10-14-13-18(8-9-19(14)22)29(27,28)21-16-5-1-2-6-16/h3-4,7-9,12-13,16,21H,1-2,5-6,10-11H2. The second kappa shape index (κ2) is 7.57. The van der Waals surface area contributed by atoms with Crippen LogP contribution in [0.2, 0.25) is 0 Å². The normalized spacial score (nSPS) is 16.8. The fraction of sp³-hybridized carbons (Fsp3) is 0.350. The van der Waals surface area contributed by atoms with Crippen LogP contribution >= 0.6 is 0 Å². The Morgan fingerprint density at radius 3 is 2.62 bits per heavy atom. The Bertz CT molecular complexity index is 1080. The average Bonchev–Trinajstić information content (AvgIpc) is 3.36. The van der Waals surface area contributed by atoms with Gasteiger partial charge >= 0.3 is 0 Å². The lowest BCUT2D eigenvalue weighted by Crippen LogP contribution is -2.32. The summed E-state index contributed by atoms with van der Waals surface area (Å²) in [5, 5.41) is 11.0. The van der Waals surface area contributed by atoms with E-state index in [-0.39, 0.29) is 28.1 Å². The molecule has 1 fully saturated rings. The van der Waals surface area contributed by atoms with Crippen LogP contribution in [-0.4, -0.2) is 31.8 Å². The first kappa shape index (κ1) is 19.5. The number of hydrogen-bond donors (Lipinski definition) is 1. The number of non-ortho nitro benzene ring substituents is 1. The van der Waals surface area contributed by atoms with E-state index >= 15 is 0 Å². The SMILES string of the molecule is O=C(c1cccc([N+](=O)[O-])c1)N1CCc2cc(S(=O)(=O)NC3CCCC3)ccc21. The van der Waals surface area contributed by atoms with Gasteiger partial charge in [0, 0.05) is 36.0 Å². The second-order valence-corrected chi connectivity index (χ2v) is 9.12. The lowest BCUT2D eigenvalue weighted by atomic mass is 10.1. The zero-order chi connectivity index (χ0) is 20.6. The molecule has 0 atom stereocenters. The Morgan fingerprint density at radius 1 is 1.14 bits per heavy atom. The number of rotatable bonds is 5. The molecule has 8 nitrogen and oxygen atoms in total. The molecule has 29 heavy (non-hydrogen) atoms. The topological polar surface area (TPSA) is 110 Å². The van der Waals surface area contributed by atoms with Crippen molar-refractivity contribution in [1.29, 1.82) is 0 Å². The molecular formula is C20H21N3O5S. The highest BCUT2D eigenvalue weighted by molar-refractivity contribution is 7.89. The summed E-state index contributed by atoms with van der Waals surface area (Å²) in [7, 11) is -3.60. The molecule has 1 N–H and O–H groups in total. The highest BCUT2D eigenvalue weighted by Crippen LogP contribution is 2.32. The van der Waals surface area contributed by atoms with E-state index in [2.05, 4.69) is 4.72 Å². The molecule has 1 heterocycles. The molecule has 4 rings (SSSR count). The first-order chi connectivity index (χ1) is 13.8. The van der Waals surface area contributed by atoms with E-state index in [1.807, 2.05) is 0 Å². The Morgan fingerprint density at radius 2 is 1.90 bits per heavy atom. The molecule has 1 saturated carbocycles. The van der Waals surface area contributed by atoms with Gasteiger partial charge in [-0.2, -0.15) is 0 Å². The summed E-state index contributed by atoms with van der Waals surface area (Å²) in [4.78, 5) is 25.0. The highest BCUT2D eigenvalue weighted by Gasteiger charge is 2.29. The van der Waals surface area contributed by atoms with Gasteiger partial charge in [0.05, 0.1) is 9.82 Å². The summed E-state index contributed by atoms with van der Waals surface area (Å²) in [5.41, 5.74) is 1.50. The number of amides is 1. The molecule has 152 valence electrons. The van der Waals surface area contributed by atoms with Gasteiger partial charge in [0.2, 0.25) is 10.0 Å². The fourth-order valence-electron chi connectivity index (χ4n) is 4.00. The summed E-state index contributed by atoms with van der Waals surface area (Å²) in [6.07, 6.45) is 4.31. The lowest BCUT2D eigenvalue weighted by molar-refractivity contribution is -0.384. The van der Waals surface area contributed by atoms with Gasteiger partial charge in [-0.3, -0.25) is 14.9 Å². The maximum absolute atomic E-state index is 12.9. The number of nitrogens with zero attached hydrogens (tertiary/aromatic N) is 2. The van der Waals surface area contributed by atoms with Crippen LogP contribution in [-0.2, 0) is 16.4 Å². The molecule has 2 aliphatic rings. The Kier molecular flexibility index (Phi) is 5.10. The van der Waals surface area contributed by atoms with Gasteiger partial charge < -0.3 is 4.90 Å². The van der Waals surface area contributed by atoms with Crippen LogP contribution in [0.3, 0.4) is 0 Å². The minimum Gasteiger partial charge on any atom is -0.308 e. The predicted octanol–water partition coefficient (Wildman–Crippen LogP) is 3.02. The summed E-state index contributed by atoms with van der Waals surface area (Å²) in [6.45, 7) is 0.399. The van der Waals surface area contributed by atoms with Crippen molar-refractivity contribution in [2.45, 2.75) is 43.0 Å². The van der Waals surface area contributed by atoms with Gasteiger partial charge in [-0.05, 0) is 49.1 Å². The summed E-state index contributed by atoms with van der Waals surface area (Å²) in [6, 6.07) is 10.4. The number of carbonyl (C=O) groups is 1. The lowest BCUT2D eigenvalue weighted by Gasteiger charge is -2.18. The van der Waals surface area contributed by atoms with Gasteiger partial charge in [-0.1, -0.05) is 18.9 Å². The maximum atomic E-state index is 12.9. The van der Waals surface area contributed by atoms with E-state index in [1.165, 1.54) is 35.2 Å². The molecule has 9 heteroatoms. The van der Waals surface area contributed by atoms with Gasteiger partial charge in [0.15, 0.2) is 0 Å². The minimum atomic E-state index is -3.60. The van der Waals surface area contributed by atoms with E-state index < -0.39 is 14.9 Å². The number of fused-ring (bicyclic) bond motifs is 1. The van der Waals surface area contributed by atoms with Crippen molar-refractivity contribution in [3.05, 3.63) is 63.7 Å². The number of nitro groups is 1. The monoisotopic (exact) mass is 415 g/mol. The van der Waals surface area contributed by atoms with Crippen molar-refractivity contribution in [3.8, 4) is 0 Å². The fourth-order valence-corrected chi connectivity index (χ4v) is 5.35. The quantitative estimate of drug-likeness (QED) is 0.596. The molecule has 0 saturated heterocycles. The zero-order valence-corrected chi connectivity index (χ0v) is 16.5. The van der Waals surface area contributed by atoms with E-state index in [0.29, 0.717) is 18.7 Å². The summed E-state index contributed by atoms with van der Waals surface area (Å²) in [5.74, 6) is -0.341. The molecule has 2 aromatic carbocycles. The van der Waals surface area contributed by atoms with Crippen molar-refractivity contribution in [2.24, 2.45) is 0 Å². The first-order valence-corrected chi connectivity index (χ1v) is 11.0. The molecule has 0 spiro atoms. The highest BCUT2D eigenvalue weighted by atomic mass is 32.2. The van der Waals surface area contributed by atoms with Crippen LogP contribution in [0.15, 0.2) is 47.4 Å². The van der Waals surface area contributed by atoms with Gasteiger partial charge in [-0.15, -0.1) is 0 Å². The largest absolute Gasteiger partial charge is 0.308 e. The molecule has 2 aromatic rings. The Hall–Kier alpha value is -2.78. The number of hydrogen-bond acceptors (Lipinski definition) is 5. The second-order valence-electron chi connectivity index (χ2n) is 7.41. The molecule has 0 aromatic heterocycles. The van der Waals surface area contributed by atoms with E-state index in [9.17, 15) is 23.3 Å².